The van der Waals surface area contributed by atoms with E-state index in [-0.39, 0.29) is 30.9 Å². The lowest BCUT2D eigenvalue weighted by atomic mass is 9.96. The standard InChI is InChI=1S/C14H16F3N3O2/c1-9(21)19-11-2-3-12(14(15,16)17)20(8-11)13(22)10-4-6-18-7-5-10/h4-7,11-12H,2-3,8H2,1H3,(H,19,21)/t11-,12-/m0/s1. The molecule has 0 unspecified atom stereocenters. The smallest absolute Gasteiger partial charge is 0.352 e. The maximum absolute atomic E-state index is 13.2. The summed E-state index contributed by atoms with van der Waals surface area (Å²) < 4.78 is 39.5. The van der Waals surface area contributed by atoms with Gasteiger partial charge in [-0.2, -0.15) is 13.2 Å². The second kappa shape index (κ2) is 6.33. The first kappa shape index (κ1) is 16.3. The molecule has 1 aliphatic heterocycles. The van der Waals surface area contributed by atoms with Crippen LogP contribution in [0, 0.1) is 0 Å². The molecule has 1 saturated heterocycles. The van der Waals surface area contributed by atoms with Crippen molar-refractivity contribution in [1.82, 2.24) is 15.2 Å². The summed E-state index contributed by atoms with van der Waals surface area (Å²) in [5.74, 6) is -1.04. The first-order chi connectivity index (χ1) is 10.3. The van der Waals surface area contributed by atoms with Crippen LogP contribution in [0.15, 0.2) is 24.5 Å². The number of nitrogens with one attached hydrogen (secondary N) is 1. The molecule has 2 amide bonds. The lowest BCUT2D eigenvalue weighted by Gasteiger charge is -2.40. The van der Waals surface area contributed by atoms with E-state index in [1.54, 1.807) is 0 Å². The second-order valence-electron chi connectivity index (χ2n) is 5.23. The van der Waals surface area contributed by atoms with Crippen LogP contribution in [0.5, 0.6) is 0 Å². The van der Waals surface area contributed by atoms with Crippen molar-refractivity contribution < 1.29 is 22.8 Å². The van der Waals surface area contributed by atoms with Crippen LogP contribution in [0.4, 0.5) is 13.2 Å². The topological polar surface area (TPSA) is 62.3 Å². The van der Waals surface area contributed by atoms with Gasteiger partial charge in [-0.05, 0) is 25.0 Å². The molecule has 22 heavy (non-hydrogen) atoms. The first-order valence-electron chi connectivity index (χ1n) is 6.84. The molecular weight excluding hydrogens is 299 g/mol. The molecule has 0 radical (unpaired) electrons. The largest absolute Gasteiger partial charge is 0.408 e. The fourth-order valence-corrected chi connectivity index (χ4v) is 2.60. The molecule has 1 aliphatic rings. The summed E-state index contributed by atoms with van der Waals surface area (Å²) in [4.78, 5) is 28.0. The van der Waals surface area contributed by atoms with E-state index < -0.39 is 24.2 Å². The van der Waals surface area contributed by atoms with Crippen LogP contribution in [0.2, 0.25) is 0 Å². The van der Waals surface area contributed by atoms with Gasteiger partial charge in [-0.1, -0.05) is 0 Å². The molecule has 120 valence electrons. The second-order valence-corrected chi connectivity index (χ2v) is 5.23. The van der Waals surface area contributed by atoms with E-state index in [0.717, 1.165) is 4.90 Å². The van der Waals surface area contributed by atoms with Gasteiger partial charge < -0.3 is 10.2 Å². The van der Waals surface area contributed by atoms with Gasteiger partial charge in [-0.3, -0.25) is 14.6 Å². The minimum atomic E-state index is -4.50. The van der Waals surface area contributed by atoms with Gasteiger partial charge in [0.2, 0.25) is 5.91 Å². The van der Waals surface area contributed by atoms with Gasteiger partial charge >= 0.3 is 6.18 Å². The molecule has 0 aromatic carbocycles. The molecule has 0 aliphatic carbocycles. The Morgan fingerprint density at radius 2 is 1.91 bits per heavy atom. The van der Waals surface area contributed by atoms with Crippen molar-refractivity contribution in [1.29, 1.82) is 0 Å². The number of pyridine rings is 1. The molecule has 1 aromatic rings. The third-order valence-corrected chi connectivity index (χ3v) is 3.56. The van der Waals surface area contributed by atoms with Gasteiger partial charge in [0.25, 0.3) is 5.91 Å². The molecule has 1 aromatic heterocycles. The van der Waals surface area contributed by atoms with Crippen molar-refractivity contribution in [2.45, 2.75) is 38.0 Å². The summed E-state index contributed by atoms with van der Waals surface area (Å²) in [6.45, 7) is 1.13. The predicted octanol–water partition coefficient (Wildman–Crippen LogP) is 1.75. The van der Waals surface area contributed by atoms with Gasteiger partial charge in [0.05, 0.1) is 0 Å². The van der Waals surface area contributed by atoms with Crippen molar-refractivity contribution in [3.8, 4) is 0 Å². The van der Waals surface area contributed by atoms with E-state index >= 15 is 0 Å². The fraction of sp³-hybridized carbons (Fsp3) is 0.500. The lowest BCUT2D eigenvalue weighted by molar-refractivity contribution is -0.184. The van der Waals surface area contributed by atoms with E-state index in [0.29, 0.717) is 0 Å². The first-order valence-corrected chi connectivity index (χ1v) is 6.84. The molecule has 2 rings (SSSR count). The van der Waals surface area contributed by atoms with Crippen LogP contribution >= 0.6 is 0 Å². The van der Waals surface area contributed by atoms with Crippen LogP contribution < -0.4 is 5.32 Å². The Balaban J connectivity index is 2.23. The molecule has 1 N–H and O–H groups in total. The Morgan fingerprint density at radius 1 is 1.27 bits per heavy atom. The monoisotopic (exact) mass is 315 g/mol. The molecular formula is C14H16F3N3O2. The number of alkyl halides is 3. The minimum absolute atomic E-state index is 0.146. The highest BCUT2D eigenvalue weighted by Gasteiger charge is 2.48. The summed E-state index contributed by atoms with van der Waals surface area (Å²) in [5.41, 5.74) is 0.146. The Bertz CT molecular complexity index is 548. The van der Waals surface area contributed by atoms with Crippen LogP contribution in [0.1, 0.15) is 30.1 Å². The summed E-state index contributed by atoms with van der Waals surface area (Å²) >= 11 is 0. The lowest BCUT2D eigenvalue weighted by Crippen LogP contribution is -2.58. The molecule has 5 nitrogen and oxygen atoms in total. The third-order valence-electron chi connectivity index (χ3n) is 3.56. The van der Waals surface area contributed by atoms with Crippen molar-refractivity contribution in [2.24, 2.45) is 0 Å². The van der Waals surface area contributed by atoms with Crippen molar-refractivity contribution in [2.75, 3.05) is 6.54 Å². The number of likely N-dealkylation sites (tertiary alicyclic amines) is 1. The predicted molar refractivity (Wildman–Crippen MR) is 72.0 cm³/mol. The van der Waals surface area contributed by atoms with Gasteiger partial charge in [0.15, 0.2) is 0 Å². The minimum Gasteiger partial charge on any atom is -0.352 e. The zero-order valence-corrected chi connectivity index (χ0v) is 11.9. The molecule has 8 heteroatoms. The fourth-order valence-electron chi connectivity index (χ4n) is 2.60. The van der Waals surface area contributed by atoms with Gasteiger partial charge in [0.1, 0.15) is 6.04 Å². The zero-order valence-electron chi connectivity index (χ0n) is 11.9. The Kier molecular flexibility index (Phi) is 4.68. The number of hydrogen-bond acceptors (Lipinski definition) is 3. The zero-order chi connectivity index (χ0) is 16.3. The Morgan fingerprint density at radius 3 is 2.45 bits per heavy atom. The highest BCUT2D eigenvalue weighted by molar-refractivity contribution is 5.94. The maximum atomic E-state index is 13.2. The molecule has 0 spiro atoms. The summed E-state index contributed by atoms with van der Waals surface area (Å²) in [6.07, 6.45) is -1.84. The summed E-state index contributed by atoms with van der Waals surface area (Å²) in [6, 6.07) is 0.440. The van der Waals surface area contributed by atoms with E-state index in [1.165, 1.54) is 31.5 Å². The average Bonchev–Trinajstić information content (AvgIpc) is 2.45. The van der Waals surface area contributed by atoms with Crippen LogP contribution in [0.25, 0.3) is 0 Å². The SMILES string of the molecule is CC(=O)N[C@H]1CC[C@@H](C(F)(F)F)N(C(=O)c2ccncc2)C1. The highest BCUT2D eigenvalue weighted by Crippen LogP contribution is 2.32. The number of carbonyl (C=O) groups excluding carboxylic acids is 2. The molecule has 0 saturated carbocycles. The van der Waals surface area contributed by atoms with Crippen molar-refractivity contribution in [3.05, 3.63) is 30.1 Å². The number of amides is 2. The quantitative estimate of drug-likeness (QED) is 0.904. The number of aromatic nitrogens is 1. The number of carbonyl (C=O) groups is 2. The van der Waals surface area contributed by atoms with E-state index in [4.69, 9.17) is 0 Å². The van der Waals surface area contributed by atoms with Crippen LogP contribution in [-0.2, 0) is 4.79 Å². The Labute approximate surface area is 125 Å². The maximum Gasteiger partial charge on any atom is 0.408 e. The van der Waals surface area contributed by atoms with E-state index in [9.17, 15) is 22.8 Å². The summed E-state index contributed by atoms with van der Waals surface area (Å²) in [5, 5.41) is 2.58. The number of piperidine rings is 1. The Hall–Kier alpha value is -2.12. The van der Waals surface area contributed by atoms with Gasteiger partial charge in [-0.25, -0.2) is 0 Å². The molecule has 0 bridgehead atoms. The summed E-state index contributed by atoms with van der Waals surface area (Å²) in [7, 11) is 0. The van der Waals surface area contributed by atoms with Crippen molar-refractivity contribution >= 4 is 11.8 Å². The number of halogens is 3. The highest BCUT2D eigenvalue weighted by atomic mass is 19.4. The number of rotatable bonds is 2. The van der Waals surface area contributed by atoms with Gasteiger partial charge in [0, 0.05) is 37.5 Å². The third kappa shape index (κ3) is 3.75. The van der Waals surface area contributed by atoms with Crippen molar-refractivity contribution in [3.63, 3.8) is 0 Å². The number of nitrogens with zero attached hydrogens (tertiary/aromatic N) is 2. The van der Waals surface area contributed by atoms with Crippen LogP contribution in [-0.4, -0.2) is 46.5 Å². The normalized spacial score (nSPS) is 22.3. The molecule has 1 fully saturated rings. The van der Waals surface area contributed by atoms with Gasteiger partial charge in [-0.15, -0.1) is 0 Å². The van der Waals surface area contributed by atoms with E-state index in [1.807, 2.05) is 0 Å². The molecule has 2 heterocycles. The van der Waals surface area contributed by atoms with Crippen LogP contribution in [0.3, 0.4) is 0 Å². The molecule has 2 atom stereocenters. The van der Waals surface area contributed by atoms with E-state index in [2.05, 4.69) is 10.3 Å². The average molecular weight is 315 g/mol. The number of hydrogen-bond donors (Lipinski definition) is 1.